The van der Waals surface area contributed by atoms with Gasteiger partial charge in [-0.2, -0.15) is 0 Å². The zero-order valence-corrected chi connectivity index (χ0v) is 70.0. The SMILES string of the molecule is CCCCCCCCCCCCCCCCCCCCCCCCC(=O)O[C@H](COC(=O)CCCCCCCCCCCCCCCCCCCCC)COP(=O)(O)OC[C@@H](O)COP(=O)(O)OC[C@@H](COC(=O)CCCCCCCCCC(C)C)OC(=O)CCCCCCCCCCCCCCC. The van der Waals surface area contributed by atoms with Crippen molar-refractivity contribution in [3.8, 4) is 0 Å². The second kappa shape index (κ2) is 77.8. The molecule has 0 aliphatic carbocycles. The number of phosphoric acid groups is 2. The van der Waals surface area contributed by atoms with Gasteiger partial charge < -0.3 is 33.8 Å². The van der Waals surface area contributed by atoms with Crippen molar-refractivity contribution in [1.29, 1.82) is 0 Å². The van der Waals surface area contributed by atoms with E-state index in [0.29, 0.717) is 31.6 Å². The number of aliphatic hydroxyl groups is 1. The summed E-state index contributed by atoms with van der Waals surface area (Å²) >= 11 is 0. The standard InChI is InChI=1S/C85H166O17P2/c1-6-9-12-15-18-21-24-27-29-31-33-34-35-37-39-41-44-47-50-55-61-66-71-85(90)101-80(74-95-82(87)68-63-58-53-48-45-43-40-38-36-32-30-28-25-22-19-16-13-10-7-2)76-99-103(91,92)97-72-79(86)73-98-104(93,94)100-77-81(75-96-83(88)69-64-59-56-51-52-57-62-67-78(4)5)102-84(89)70-65-60-54-49-46-42-26-23-20-17-14-11-8-3/h78-81,86H,6-77H2,1-5H3,(H,91,92)(H,93,94)/t79-,80-,81-/m1/s1. The molecule has 0 spiro atoms. The van der Waals surface area contributed by atoms with Gasteiger partial charge in [0.15, 0.2) is 12.2 Å². The summed E-state index contributed by atoms with van der Waals surface area (Å²) in [7, 11) is -9.92. The Labute approximate surface area is 638 Å². The van der Waals surface area contributed by atoms with Crippen LogP contribution in [0.15, 0.2) is 0 Å². The van der Waals surface area contributed by atoms with E-state index in [2.05, 4.69) is 34.6 Å². The maximum Gasteiger partial charge on any atom is 0.472 e. The Morgan fingerprint density at radius 2 is 0.442 bits per heavy atom. The first kappa shape index (κ1) is 102. The van der Waals surface area contributed by atoms with Crippen LogP contribution in [0.4, 0.5) is 0 Å². The number of hydrogen-bond donors (Lipinski definition) is 3. The maximum absolute atomic E-state index is 13.1. The van der Waals surface area contributed by atoms with Gasteiger partial charge in [-0.05, 0) is 31.6 Å². The molecule has 0 rings (SSSR count). The minimum atomic E-state index is -4.96. The summed E-state index contributed by atoms with van der Waals surface area (Å²) in [4.78, 5) is 73.1. The molecule has 0 fully saturated rings. The number of esters is 4. The lowest BCUT2D eigenvalue weighted by atomic mass is 10.0. The average molecular weight is 1520 g/mol. The lowest BCUT2D eigenvalue weighted by Gasteiger charge is -2.21. The van der Waals surface area contributed by atoms with E-state index < -0.39 is 97.5 Å². The van der Waals surface area contributed by atoms with Crippen LogP contribution in [0.2, 0.25) is 0 Å². The second-order valence-electron chi connectivity index (χ2n) is 31.1. The second-order valence-corrected chi connectivity index (χ2v) is 34.0. The molecule has 618 valence electrons. The largest absolute Gasteiger partial charge is 0.472 e. The normalized spacial score (nSPS) is 13.8. The van der Waals surface area contributed by atoms with E-state index in [-0.39, 0.29) is 25.7 Å². The first-order valence-corrected chi connectivity index (χ1v) is 47.1. The summed E-state index contributed by atoms with van der Waals surface area (Å²) < 4.78 is 68.8. The van der Waals surface area contributed by atoms with Crippen molar-refractivity contribution in [3.05, 3.63) is 0 Å². The molecule has 0 amide bonds. The number of ether oxygens (including phenoxy) is 4. The molecule has 3 N–H and O–H groups in total. The van der Waals surface area contributed by atoms with Crippen LogP contribution in [-0.4, -0.2) is 96.7 Å². The third kappa shape index (κ3) is 78.2. The molecular weight excluding hydrogens is 1350 g/mol. The van der Waals surface area contributed by atoms with Gasteiger partial charge in [0.05, 0.1) is 26.4 Å². The first-order chi connectivity index (χ1) is 50.5. The molecule has 0 aliphatic heterocycles. The lowest BCUT2D eigenvalue weighted by Crippen LogP contribution is -2.30. The number of hydrogen-bond acceptors (Lipinski definition) is 15. The van der Waals surface area contributed by atoms with E-state index in [1.165, 1.54) is 276 Å². The molecule has 2 unspecified atom stereocenters. The zero-order chi connectivity index (χ0) is 76.2. The highest BCUT2D eigenvalue weighted by molar-refractivity contribution is 7.47. The van der Waals surface area contributed by atoms with Gasteiger partial charge in [0, 0.05) is 25.7 Å². The molecule has 0 bridgehead atoms. The Morgan fingerprint density at radius 3 is 0.654 bits per heavy atom. The van der Waals surface area contributed by atoms with Crippen molar-refractivity contribution in [2.75, 3.05) is 39.6 Å². The summed E-state index contributed by atoms with van der Waals surface area (Å²) in [5.41, 5.74) is 0. The first-order valence-electron chi connectivity index (χ1n) is 44.1. The van der Waals surface area contributed by atoms with E-state index in [1.54, 1.807) is 0 Å². The van der Waals surface area contributed by atoms with E-state index in [4.69, 9.17) is 37.0 Å². The Bertz CT molecular complexity index is 1980. The molecule has 104 heavy (non-hydrogen) atoms. The Balaban J connectivity index is 5.20. The molecule has 0 saturated heterocycles. The minimum absolute atomic E-state index is 0.107. The van der Waals surface area contributed by atoms with Gasteiger partial charge in [0.2, 0.25) is 0 Å². The number of carbonyl (C=O) groups excluding carboxylic acids is 4. The summed E-state index contributed by atoms with van der Waals surface area (Å²) in [6, 6.07) is 0. The predicted molar refractivity (Wildman–Crippen MR) is 428 cm³/mol. The molecular formula is C85H166O17P2. The molecule has 0 aliphatic rings. The lowest BCUT2D eigenvalue weighted by molar-refractivity contribution is -0.161. The number of unbranched alkanes of at least 4 members (excludes halogenated alkanes) is 57. The van der Waals surface area contributed by atoms with Crippen LogP contribution in [0.1, 0.15) is 458 Å². The number of rotatable bonds is 85. The maximum atomic E-state index is 13.1. The molecule has 0 aromatic carbocycles. The van der Waals surface area contributed by atoms with Crippen LogP contribution in [-0.2, 0) is 65.4 Å². The molecule has 0 aromatic heterocycles. The van der Waals surface area contributed by atoms with Gasteiger partial charge in [0.1, 0.15) is 19.3 Å². The summed E-state index contributed by atoms with van der Waals surface area (Å²) in [6.45, 7) is 7.29. The van der Waals surface area contributed by atoms with Gasteiger partial charge in [-0.3, -0.25) is 37.3 Å². The fourth-order valence-electron chi connectivity index (χ4n) is 13.3. The molecule has 0 heterocycles. The van der Waals surface area contributed by atoms with E-state index in [1.807, 2.05) is 0 Å². The fraction of sp³-hybridized carbons (Fsp3) is 0.953. The highest BCUT2D eigenvalue weighted by atomic mass is 31.2. The van der Waals surface area contributed by atoms with E-state index in [0.717, 1.165) is 96.3 Å². The Hall–Kier alpha value is -1.94. The van der Waals surface area contributed by atoms with Gasteiger partial charge in [-0.1, -0.05) is 407 Å². The van der Waals surface area contributed by atoms with Crippen LogP contribution in [0.5, 0.6) is 0 Å². The van der Waals surface area contributed by atoms with Crippen molar-refractivity contribution >= 4 is 39.5 Å². The molecule has 17 nitrogen and oxygen atoms in total. The smallest absolute Gasteiger partial charge is 0.462 e. The van der Waals surface area contributed by atoms with Crippen LogP contribution >= 0.6 is 15.6 Å². The highest BCUT2D eigenvalue weighted by Crippen LogP contribution is 2.45. The Morgan fingerprint density at radius 1 is 0.260 bits per heavy atom. The summed E-state index contributed by atoms with van der Waals surface area (Å²) in [6.07, 6.45) is 71.0. The third-order valence-corrected chi connectivity index (χ3v) is 21.9. The van der Waals surface area contributed by atoms with Crippen molar-refractivity contribution in [3.63, 3.8) is 0 Å². The van der Waals surface area contributed by atoms with Gasteiger partial charge in [0.25, 0.3) is 0 Å². The third-order valence-electron chi connectivity index (χ3n) is 20.0. The van der Waals surface area contributed by atoms with Crippen molar-refractivity contribution in [2.45, 2.75) is 477 Å². The molecule has 5 atom stereocenters. The molecule has 19 heteroatoms. The zero-order valence-electron chi connectivity index (χ0n) is 68.2. The van der Waals surface area contributed by atoms with Crippen molar-refractivity contribution in [2.24, 2.45) is 5.92 Å². The van der Waals surface area contributed by atoms with Crippen LogP contribution in [0, 0.1) is 5.92 Å². The number of aliphatic hydroxyl groups excluding tert-OH is 1. The quantitative estimate of drug-likeness (QED) is 0.0222. The predicted octanol–water partition coefficient (Wildman–Crippen LogP) is 26.0. The highest BCUT2D eigenvalue weighted by Gasteiger charge is 2.30. The number of carbonyl (C=O) groups is 4. The molecule has 0 saturated carbocycles. The van der Waals surface area contributed by atoms with Gasteiger partial charge in [-0.15, -0.1) is 0 Å². The monoisotopic (exact) mass is 1520 g/mol. The molecule has 0 radical (unpaired) electrons. The van der Waals surface area contributed by atoms with Crippen molar-refractivity contribution in [1.82, 2.24) is 0 Å². The fourth-order valence-corrected chi connectivity index (χ4v) is 14.9. The molecule has 0 aromatic rings. The topological polar surface area (TPSA) is 237 Å². The van der Waals surface area contributed by atoms with Crippen molar-refractivity contribution < 1.29 is 80.2 Å². The van der Waals surface area contributed by atoms with Crippen LogP contribution in [0.3, 0.4) is 0 Å². The Kier molecular flexibility index (Phi) is 76.3. The average Bonchev–Trinajstić information content (AvgIpc) is 1.73. The van der Waals surface area contributed by atoms with E-state index >= 15 is 0 Å². The van der Waals surface area contributed by atoms with Crippen LogP contribution < -0.4 is 0 Å². The minimum Gasteiger partial charge on any atom is -0.462 e. The van der Waals surface area contributed by atoms with Gasteiger partial charge >= 0.3 is 39.5 Å². The number of phosphoric ester groups is 2. The van der Waals surface area contributed by atoms with E-state index in [9.17, 15) is 43.2 Å². The summed E-state index contributed by atoms with van der Waals surface area (Å²) in [5, 5.41) is 10.7. The summed E-state index contributed by atoms with van der Waals surface area (Å²) in [5.74, 6) is -1.40. The van der Waals surface area contributed by atoms with Gasteiger partial charge in [-0.25, -0.2) is 9.13 Å². The van der Waals surface area contributed by atoms with Crippen LogP contribution in [0.25, 0.3) is 0 Å².